The van der Waals surface area contributed by atoms with Crippen molar-refractivity contribution in [2.24, 2.45) is 11.8 Å². The molecule has 2 fully saturated rings. The summed E-state index contributed by atoms with van der Waals surface area (Å²) in [6.45, 7) is 5.32. The van der Waals surface area contributed by atoms with Gasteiger partial charge in [-0.15, -0.1) is 0 Å². The average Bonchev–Trinajstić information content (AvgIpc) is 2.68. The summed E-state index contributed by atoms with van der Waals surface area (Å²) in [6.07, 6.45) is 1.86. The van der Waals surface area contributed by atoms with Crippen LogP contribution in [0.1, 0.15) is 20.3 Å². The molecule has 114 valence electrons. The lowest BCUT2D eigenvalue weighted by Gasteiger charge is -2.44. The third-order valence-electron chi connectivity index (χ3n) is 4.71. The van der Waals surface area contributed by atoms with Crippen LogP contribution in [0.25, 0.3) is 0 Å². The van der Waals surface area contributed by atoms with Gasteiger partial charge in [0, 0.05) is 19.0 Å². The third kappa shape index (κ3) is 2.10. The van der Waals surface area contributed by atoms with Crippen LogP contribution < -0.4 is 5.32 Å². The Morgan fingerprint density at radius 2 is 2.14 bits per heavy atom. The topological polar surface area (TPSA) is 89.9 Å². The Hall–Kier alpha value is -1.66. The smallest absolute Gasteiger partial charge is 0.352 e. The van der Waals surface area contributed by atoms with Crippen molar-refractivity contribution in [2.45, 2.75) is 32.4 Å². The molecule has 21 heavy (non-hydrogen) atoms. The van der Waals surface area contributed by atoms with Gasteiger partial charge in [0.25, 0.3) is 0 Å². The van der Waals surface area contributed by atoms with Gasteiger partial charge in [0.2, 0.25) is 5.91 Å². The Morgan fingerprint density at radius 1 is 1.48 bits per heavy atom. The number of aliphatic hydroxyl groups excluding tert-OH is 1. The van der Waals surface area contributed by atoms with Gasteiger partial charge in [-0.1, -0.05) is 6.08 Å². The number of aliphatic hydroxyl groups is 1. The fraction of sp³-hybridized carbons (Fsp3) is 0.600. The molecule has 3 atom stereocenters. The van der Waals surface area contributed by atoms with Gasteiger partial charge in [0.1, 0.15) is 5.70 Å². The third-order valence-corrected chi connectivity index (χ3v) is 4.71. The number of aliphatic carboxylic acids is 1. The molecule has 0 aromatic rings. The SMILES string of the molecule is CC(=CC1CNC1)C1=C(C(=O)O)N2C(=O)C(C(C)O)C2C1. The fourth-order valence-corrected chi connectivity index (χ4v) is 3.50. The maximum atomic E-state index is 12.1. The molecule has 0 aromatic carbocycles. The molecule has 6 nitrogen and oxygen atoms in total. The van der Waals surface area contributed by atoms with Crippen molar-refractivity contribution in [1.29, 1.82) is 0 Å². The molecule has 0 spiro atoms. The second kappa shape index (κ2) is 4.96. The molecule has 6 heteroatoms. The van der Waals surface area contributed by atoms with E-state index in [-0.39, 0.29) is 17.6 Å². The van der Waals surface area contributed by atoms with Crippen LogP contribution in [0.15, 0.2) is 22.9 Å². The minimum Gasteiger partial charge on any atom is -0.477 e. The van der Waals surface area contributed by atoms with E-state index < -0.39 is 18.0 Å². The molecule has 0 saturated carbocycles. The van der Waals surface area contributed by atoms with Crippen molar-refractivity contribution in [1.82, 2.24) is 10.2 Å². The first kappa shape index (κ1) is 14.3. The van der Waals surface area contributed by atoms with E-state index >= 15 is 0 Å². The monoisotopic (exact) mass is 292 g/mol. The largest absolute Gasteiger partial charge is 0.477 e. The van der Waals surface area contributed by atoms with Crippen LogP contribution in [0.4, 0.5) is 0 Å². The van der Waals surface area contributed by atoms with Gasteiger partial charge >= 0.3 is 5.97 Å². The van der Waals surface area contributed by atoms with Gasteiger partial charge in [-0.3, -0.25) is 4.79 Å². The van der Waals surface area contributed by atoms with Gasteiger partial charge in [-0.2, -0.15) is 0 Å². The summed E-state index contributed by atoms with van der Waals surface area (Å²) in [5.41, 5.74) is 1.77. The quantitative estimate of drug-likeness (QED) is 0.640. The number of carboxylic acid groups (broad SMARTS) is 1. The van der Waals surface area contributed by atoms with Crippen LogP contribution in [0.2, 0.25) is 0 Å². The minimum absolute atomic E-state index is 0.0999. The average molecular weight is 292 g/mol. The number of amides is 1. The number of hydrogen-bond acceptors (Lipinski definition) is 4. The van der Waals surface area contributed by atoms with Crippen molar-refractivity contribution < 1.29 is 19.8 Å². The first-order valence-corrected chi connectivity index (χ1v) is 7.29. The highest BCUT2D eigenvalue weighted by atomic mass is 16.4. The van der Waals surface area contributed by atoms with Gasteiger partial charge in [-0.25, -0.2) is 4.79 Å². The standard InChI is InChI=1S/C15H20N2O4/c1-7(3-9-5-16-6-9)10-4-11-12(8(2)18)14(19)17(11)13(10)15(20)21/h3,8-9,11-12,16,18H,4-6H2,1-2H3,(H,20,21). The zero-order valence-electron chi connectivity index (χ0n) is 12.2. The van der Waals surface area contributed by atoms with Crippen LogP contribution in [-0.4, -0.2) is 52.2 Å². The number of carboxylic acids is 1. The summed E-state index contributed by atoms with van der Waals surface area (Å²) < 4.78 is 0. The van der Waals surface area contributed by atoms with Gasteiger partial charge in [0.05, 0.1) is 18.1 Å². The Bertz CT molecular complexity index is 560. The predicted molar refractivity (Wildman–Crippen MR) is 75.2 cm³/mol. The molecular weight excluding hydrogens is 272 g/mol. The van der Waals surface area contributed by atoms with Crippen LogP contribution in [0.5, 0.6) is 0 Å². The number of nitrogens with one attached hydrogen (secondary N) is 1. The molecule has 1 amide bonds. The zero-order chi connectivity index (χ0) is 15.3. The maximum Gasteiger partial charge on any atom is 0.352 e. The molecular formula is C15H20N2O4. The molecule has 3 unspecified atom stereocenters. The van der Waals surface area contributed by atoms with Crippen molar-refractivity contribution in [3.05, 3.63) is 22.9 Å². The van der Waals surface area contributed by atoms with E-state index in [4.69, 9.17) is 0 Å². The second-order valence-electron chi connectivity index (χ2n) is 6.15. The van der Waals surface area contributed by atoms with Crippen molar-refractivity contribution in [3.8, 4) is 0 Å². The number of carbonyl (C=O) groups excluding carboxylic acids is 1. The molecule has 0 radical (unpaired) electrons. The summed E-state index contributed by atoms with van der Waals surface area (Å²) >= 11 is 0. The number of rotatable bonds is 4. The highest BCUT2D eigenvalue weighted by Crippen LogP contribution is 2.45. The highest BCUT2D eigenvalue weighted by molar-refractivity contribution is 6.00. The first-order chi connectivity index (χ1) is 9.91. The molecule has 3 heterocycles. The number of hydrogen-bond donors (Lipinski definition) is 3. The van der Waals surface area contributed by atoms with Crippen molar-refractivity contribution in [3.63, 3.8) is 0 Å². The summed E-state index contributed by atoms with van der Waals surface area (Å²) in [6, 6.07) is -0.207. The van der Waals surface area contributed by atoms with E-state index in [9.17, 15) is 19.8 Å². The number of nitrogens with zero attached hydrogens (tertiary/aromatic N) is 1. The maximum absolute atomic E-state index is 12.1. The molecule has 3 N–H and O–H groups in total. The molecule has 0 aliphatic carbocycles. The predicted octanol–water partition coefficient (Wildman–Crippen LogP) is 0.102. The number of fused-ring (bicyclic) bond motifs is 1. The van der Waals surface area contributed by atoms with E-state index in [0.717, 1.165) is 24.2 Å². The molecule has 0 bridgehead atoms. The first-order valence-electron chi connectivity index (χ1n) is 7.29. The normalized spacial score (nSPS) is 30.9. The number of allylic oxidation sites excluding steroid dienone is 1. The Balaban J connectivity index is 1.90. The van der Waals surface area contributed by atoms with Gasteiger partial charge in [0.15, 0.2) is 0 Å². The lowest BCUT2D eigenvalue weighted by molar-refractivity contribution is -0.161. The lowest BCUT2D eigenvalue weighted by Crippen LogP contribution is -2.61. The Morgan fingerprint density at radius 3 is 2.62 bits per heavy atom. The van der Waals surface area contributed by atoms with E-state index in [1.54, 1.807) is 6.92 Å². The molecule has 0 aromatic heterocycles. The number of carbonyl (C=O) groups is 2. The van der Waals surface area contributed by atoms with Gasteiger partial charge in [-0.05, 0) is 31.4 Å². The summed E-state index contributed by atoms with van der Waals surface area (Å²) in [5, 5.41) is 22.3. The Kier molecular flexibility index (Phi) is 3.37. The summed E-state index contributed by atoms with van der Waals surface area (Å²) in [7, 11) is 0. The van der Waals surface area contributed by atoms with E-state index in [1.807, 2.05) is 6.92 Å². The van der Waals surface area contributed by atoms with Crippen LogP contribution in [0, 0.1) is 11.8 Å². The minimum atomic E-state index is -1.07. The van der Waals surface area contributed by atoms with Crippen molar-refractivity contribution in [2.75, 3.05) is 13.1 Å². The summed E-state index contributed by atoms with van der Waals surface area (Å²) in [5.74, 6) is -1.39. The van der Waals surface area contributed by atoms with Crippen LogP contribution in [0.3, 0.4) is 0 Å². The summed E-state index contributed by atoms with van der Waals surface area (Å²) in [4.78, 5) is 25.0. The van der Waals surface area contributed by atoms with Crippen molar-refractivity contribution >= 4 is 11.9 Å². The molecule has 3 rings (SSSR count). The van der Waals surface area contributed by atoms with E-state index in [2.05, 4.69) is 11.4 Å². The lowest BCUT2D eigenvalue weighted by atomic mass is 9.82. The fourth-order valence-electron chi connectivity index (χ4n) is 3.50. The molecule has 3 aliphatic rings. The highest BCUT2D eigenvalue weighted by Gasteiger charge is 2.56. The van der Waals surface area contributed by atoms with E-state index in [1.165, 1.54) is 4.90 Å². The molecule has 2 saturated heterocycles. The number of β-lactam (4-membered cyclic amide) rings is 1. The van der Waals surface area contributed by atoms with E-state index in [0.29, 0.717) is 12.3 Å². The van der Waals surface area contributed by atoms with Gasteiger partial charge < -0.3 is 20.4 Å². The molecule has 3 aliphatic heterocycles. The van der Waals surface area contributed by atoms with Crippen LogP contribution >= 0.6 is 0 Å². The van der Waals surface area contributed by atoms with Crippen LogP contribution in [-0.2, 0) is 9.59 Å². The zero-order valence-corrected chi connectivity index (χ0v) is 12.2. The Labute approximate surface area is 123 Å². The second-order valence-corrected chi connectivity index (χ2v) is 6.15.